The van der Waals surface area contributed by atoms with Crippen LogP contribution in [0.4, 0.5) is 5.69 Å². The molecule has 3 rings (SSSR count). The molecule has 0 saturated heterocycles. The van der Waals surface area contributed by atoms with Gasteiger partial charge in [-0.1, -0.05) is 24.3 Å². The number of pyridine rings is 1. The molecule has 1 aliphatic rings. The lowest BCUT2D eigenvalue weighted by Gasteiger charge is -2.30. The van der Waals surface area contributed by atoms with Crippen LogP contribution in [-0.2, 0) is 27.8 Å². The smallest absolute Gasteiger partial charge is 0.235 e. The lowest BCUT2D eigenvalue weighted by molar-refractivity contribution is -0.120. The molecule has 0 radical (unpaired) electrons. The van der Waals surface area contributed by atoms with Crippen molar-refractivity contribution in [1.29, 1.82) is 0 Å². The predicted molar refractivity (Wildman–Crippen MR) is 96.6 cm³/mol. The van der Waals surface area contributed by atoms with Crippen molar-refractivity contribution in [1.82, 2.24) is 10.3 Å². The molecule has 1 aromatic heterocycles. The molecule has 132 valence electrons. The fraction of sp³-hybridized carbons (Fsp3) is 0.333. The minimum Gasteiger partial charge on any atom is -0.350 e. The van der Waals surface area contributed by atoms with Crippen molar-refractivity contribution in [3.05, 3.63) is 59.9 Å². The SMILES string of the molecule is O=C(CCS(=O)(=O)N1CCCc2ccccc21)NCc1ccccn1. The molecule has 2 heterocycles. The van der Waals surface area contributed by atoms with Crippen molar-refractivity contribution >= 4 is 21.6 Å². The summed E-state index contributed by atoms with van der Waals surface area (Å²) in [5.74, 6) is -0.491. The van der Waals surface area contributed by atoms with Gasteiger partial charge in [0.1, 0.15) is 0 Å². The summed E-state index contributed by atoms with van der Waals surface area (Å²) in [5, 5.41) is 2.71. The van der Waals surface area contributed by atoms with Gasteiger partial charge in [-0.15, -0.1) is 0 Å². The number of hydrogen-bond donors (Lipinski definition) is 1. The summed E-state index contributed by atoms with van der Waals surface area (Å²) in [5.41, 5.74) is 2.52. The van der Waals surface area contributed by atoms with Crippen LogP contribution in [-0.4, -0.2) is 31.6 Å². The molecule has 2 aromatic rings. The molecular formula is C18H21N3O3S. The zero-order valence-corrected chi connectivity index (χ0v) is 14.7. The van der Waals surface area contributed by atoms with Gasteiger partial charge in [-0.2, -0.15) is 0 Å². The molecule has 7 heteroatoms. The normalized spacial score (nSPS) is 14.0. The minimum atomic E-state index is -3.52. The van der Waals surface area contributed by atoms with Crippen molar-refractivity contribution in [2.75, 3.05) is 16.6 Å². The lowest BCUT2D eigenvalue weighted by atomic mass is 10.0. The van der Waals surface area contributed by atoms with Gasteiger partial charge in [0.2, 0.25) is 15.9 Å². The van der Waals surface area contributed by atoms with Crippen molar-refractivity contribution in [2.45, 2.75) is 25.8 Å². The standard InChI is InChI=1S/C18H21N3O3S/c22-18(20-14-16-8-3-4-11-19-16)10-13-25(23,24)21-12-5-7-15-6-1-2-9-17(15)21/h1-4,6,8-9,11H,5,7,10,12-14H2,(H,20,22). The van der Waals surface area contributed by atoms with E-state index in [0.717, 1.165) is 29.8 Å². The summed E-state index contributed by atoms with van der Waals surface area (Å²) in [4.78, 5) is 16.1. The van der Waals surface area contributed by atoms with Gasteiger partial charge in [0.15, 0.2) is 0 Å². The number of para-hydroxylation sites is 1. The minimum absolute atomic E-state index is 0.0617. The first-order chi connectivity index (χ1) is 12.1. The van der Waals surface area contributed by atoms with Gasteiger partial charge < -0.3 is 5.32 Å². The molecule has 1 N–H and O–H groups in total. The Morgan fingerprint density at radius 3 is 2.76 bits per heavy atom. The summed E-state index contributed by atoms with van der Waals surface area (Å²) < 4.78 is 26.8. The van der Waals surface area contributed by atoms with Gasteiger partial charge in [-0.05, 0) is 36.6 Å². The molecule has 0 bridgehead atoms. The van der Waals surface area contributed by atoms with E-state index in [4.69, 9.17) is 0 Å². The van der Waals surface area contributed by atoms with E-state index >= 15 is 0 Å². The molecule has 1 aromatic carbocycles. The zero-order valence-electron chi connectivity index (χ0n) is 13.9. The Hall–Kier alpha value is -2.41. The lowest BCUT2D eigenvalue weighted by Crippen LogP contribution is -2.38. The Morgan fingerprint density at radius 2 is 1.96 bits per heavy atom. The first-order valence-electron chi connectivity index (χ1n) is 8.31. The van der Waals surface area contributed by atoms with E-state index in [1.807, 2.05) is 36.4 Å². The highest BCUT2D eigenvalue weighted by molar-refractivity contribution is 7.92. The highest BCUT2D eigenvalue weighted by atomic mass is 32.2. The molecule has 6 nitrogen and oxygen atoms in total. The predicted octanol–water partition coefficient (Wildman–Crippen LogP) is 1.87. The first-order valence-corrected chi connectivity index (χ1v) is 9.92. The zero-order chi connectivity index (χ0) is 17.7. The number of sulfonamides is 1. The van der Waals surface area contributed by atoms with E-state index in [1.165, 1.54) is 4.31 Å². The van der Waals surface area contributed by atoms with E-state index in [0.29, 0.717) is 13.1 Å². The second-order valence-corrected chi connectivity index (χ2v) is 7.98. The van der Waals surface area contributed by atoms with Gasteiger partial charge in [0.25, 0.3) is 0 Å². The topological polar surface area (TPSA) is 79.4 Å². The van der Waals surface area contributed by atoms with Gasteiger partial charge >= 0.3 is 0 Å². The number of nitrogens with zero attached hydrogens (tertiary/aromatic N) is 2. The number of nitrogens with one attached hydrogen (secondary N) is 1. The quantitative estimate of drug-likeness (QED) is 0.854. The number of aromatic nitrogens is 1. The van der Waals surface area contributed by atoms with Gasteiger partial charge in [0, 0.05) is 19.2 Å². The van der Waals surface area contributed by atoms with E-state index in [-0.39, 0.29) is 18.1 Å². The third kappa shape index (κ3) is 4.36. The summed E-state index contributed by atoms with van der Waals surface area (Å²) in [6, 6.07) is 13.0. The van der Waals surface area contributed by atoms with Crippen LogP contribution in [0.3, 0.4) is 0 Å². The van der Waals surface area contributed by atoms with E-state index in [9.17, 15) is 13.2 Å². The van der Waals surface area contributed by atoms with Crippen molar-refractivity contribution in [2.24, 2.45) is 0 Å². The number of benzene rings is 1. The summed E-state index contributed by atoms with van der Waals surface area (Å²) in [6.45, 7) is 0.765. The fourth-order valence-corrected chi connectivity index (χ4v) is 4.45. The van der Waals surface area contributed by atoms with Crippen LogP contribution in [0.1, 0.15) is 24.1 Å². The maximum atomic E-state index is 12.7. The van der Waals surface area contributed by atoms with Crippen LogP contribution in [0.2, 0.25) is 0 Å². The van der Waals surface area contributed by atoms with Crippen LogP contribution in [0.25, 0.3) is 0 Å². The molecule has 0 saturated carbocycles. The Labute approximate surface area is 147 Å². The van der Waals surface area contributed by atoms with Crippen molar-refractivity contribution in [3.63, 3.8) is 0 Å². The van der Waals surface area contributed by atoms with Gasteiger partial charge in [-0.25, -0.2) is 8.42 Å². The highest BCUT2D eigenvalue weighted by Gasteiger charge is 2.27. The molecule has 0 spiro atoms. The number of carbonyl (C=O) groups excluding carboxylic acids is 1. The maximum absolute atomic E-state index is 12.7. The fourth-order valence-electron chi connectivity index (χ4n) is 2.90. The Kier molecular flexibility index (Phi) is 5.33. The van der Waals surface area contributed by atoms with Crippen LogP contribution >= 0.6 is 0 Å². The molecule has 0 aliphatic carbocycles. The Balaban J connectivity index is 1.58. The monoisotopic (exact) mass is 359 g/mol. The number of hydrogen-bond acceptors (Lipinski definition) is 4. The van der Waals surface area contributed by atoms with Crippen LogP contribution in [0.15, 0.2) is 48.7 Å². The molecule has 0 atom stereocenters. The summed E-state index contributed by atoms with van der Waals surface area (Å²) in [7, 11) is -3.52. The number of amides is 1. The number of rotatable bonds is 6. The van der Waals surface area contributed by atoms with Crippen molar-refractivity contribution in [3.8, 4) is 0 Å². The number of anilines is 1. The molecule has 0 unspecified atom stereocenters. The summed E-state index contributed by atoms with van der Waals surface area (Å²) >= 11 is 0. The second kappa shape index (κ2) is 7.65. The largest absolute Gasteiger partial charge is 0.350 e. The Morgan fingerprint density at radius 1 is 1.16 bits per heavy atom. The summed E-state index contributed by atoms with van der Waals surface area (Å²) in [6.07, 6.45) is 3.27. The molecular weight excluding hydrogens is 338 g/mol. The first kappa shape index (κ1) is 17.4. The molecule has 1 aliphatic heterocycles. The highest BCUT2D eigenvalue weighted by Crippen LogP contribution is 2.29. The van der Waals surface area contributed by atoms with E-state index in [2.05, 4.69) is 10.3 Å². The number of aryl methyl sites for hydroxylation is 1. The molecule has 1 amide bonds. The molecule has 0 fully saturated rings. The molecule has 25 heavy (non-hydrogen) atoms. The average Bonchev–Trinajstić information content (AvgIpc) is 2.65. The van der Waals surface area contributed by atoms with Crippen LogP contribution < -0.4 is 9.62 Å². The number of fused-ring (bicyclic) bond motifs is 1. The maximum Gasteiger partial charge on any atom is 0.235 e. The third-order valence-electron chi connectivity index (χ3n) is 4.18. The Bertz CT molecular complexity index is 838. The van der Waals surface area contributed by atoms with Crippen LogP contribution in [0, 0.1) is 0 Å². The van der Waals surface area contributed by atoms with Crippen molar-refractivity contribution < 1.29 is 13.2 Å². The average molecular weight is 359 g/mol. The van der Waals surface area contributed by atoms with E-state index < -0.39 is 10.0 Å². The van der Waals surface area contributed by atoms with Crippen LogP contribution in [0.5, 0.6) is 0 Å². The van der Waals surface area contributed by atoms with Gasteiger partial charge in [-0.3, -0.25) is 14.1 Å². The second-order valence-electron chi connectivity index (χ2n) is 5.97. The third-order valence-corrected chi connectivity index (χ3v) is 5.95. The van der Waals surface area contributed by atoms with E-state index in [1.54, 1.807) is 12.3 Å². The number of carbonyl (C=O) groups is 1. The van der Waals surface area contributed by atoms with Gasteiger partial charge in [0.05, 0.1) is 23.7 Å².